The molecule has 4 aliphatic rings. The first-order chi connectivity index (χ1) is 29.2. The van der Waals surface area contributed by atoms with Crippen LogP contribution in [0.25, 0.3) is 22.3 Å². The minimum atomic E-state index is -4.64. The summed E-state index contributed by atoms with van der Waals surface area (Å²) < 4.78 is 82.1. The van der Waals surface area contributed by atoms with Crippen LogP contribution in [0.5, 0.6) is 0 Å². The van der Waals surface area contributed by atoms with E-state index in [4.69, 9.17) is 4.74 Å². The first-order valence-corrected chi connectivity index (χ1v) is 22.9. The van der Waals surface area contributed by atoms with E-state index in [1.807, 2.05) is 6.07 Å². The molecule has 0 bridgehead atoms. The highest BCUT2D eigenvalue weighted by molar-refractivity contribution is 7.87. The van der Waals surface area contributed by atoms with Crippen LogP contribution in [0.4, 0.5) is 19.1 Å². The lowest BCUT2D eigenvalue weighted by molar-refractivity contribution is -0.137. The zero-order valence-electron chi connectivity index (χ0n) is 34.7. The number of hydrogen-bond acceptors (Lipinski definition) is 10. The van der Waals surface area contributed by atoms with E-state index >= 15 is 0 Å². The molecule has 61 heavy (non-hydrogen) atoms. The molecule has 8 rings (SSSR count). The van der Waals surface area contributed by atoms with Gasteiger partial charge in [-0.2, -0.15) is 35.7 Å². The Morgan fingerprint density at radius 2 is 1.69 bits per heavy atom. The van der Waals surface area contributed by atoms with Gasteiger partial charge in [0.15, 0.2) is 0 Å². The lowest BCUT2D eigenvalue weighted by atomic mass is 9.85. The van der Waals surface area contributed by atoms with Crippen molar-refractivity contribution in [3.63, 3.8) is 0 Å². The van der Waals surface area contributed by atoms with Gasteiger partial charge in [-0.25, -0.2) is 14.8 Å². The van der Waals surface area contributed by atoms with Crippen molar-refractivity contribution in [1.82, 2.24) is 48.1 Å². The molecule has 20 heteroatoms. The lowest BCUT2D eigenvalue weighted by Gasteiger charge is -2.36. The summed E-state index contributed by atoms with van der Waals surface area (Å²) in [7, 11) is -0.336. The monoisotopic (exact) mass is 871 g/mol. The number of nitrogens with zero attached hydrogens (tertiary/aromatic N) is 8. The van der Waals surface area contributed by atoms with Gasteiger partial charge in [0, 0.05) is 70.8 Å². The van der Waals surface area contributed by atoms with Crippen LogP contribution in [-0.2, 0) is 40.0 Å². The minimum absolute atomic E-state index is 0.0414. The van der Waals surface area contributed by atoms with Crippen molar-refractivity contribution in [3.8, 4) is 11.3 Å². The minimum Gasteiger partial charge on any atom is -0.377 e. The number of anilines is 1. The van der Waals surface area contributed by atoms with Crippen LogP contribution in [0.2, 0.25) is 0 Å². The van der Waals surface area contributed by atoms with Gasteiger partial charge in [-0.15, -0.1) is 0 Å². The van der Waals surface area contributed by atoms with Crippen molar-refractivity contribution in [2.75, 3.05) is 57.7 Å². The third-order valence-electron chi connectivity index (χ3n) is 13.0. The van der Waals surface area contributed by atoms with E-state index in [1.165, 1.54) is 26.9 Å². The summed E-state index contributed by atoms with van der Waals surface area (Å²) in [5.41, 5.74) is 1.78. The van der Waals surface area contributed by atoms with E-state index in [0.29, 0.717) is 37.6 Å². The number of piperidine rings is 3. The number of carbonyl (C=O) groups excluding carboxylic acids is 1. The van der Waals surface area contributed by atoms with Gasteiger partial charge in [0.05, 0.1) is 35.6 Å². The number of aromatic nitrogens is 6. The van der Waals surface area contributed by atoms with Crippen LogP contribution in [0.15, 0.2) is 41.6 Å². The zero-order valence-corrected chi connectivity index (χ0v) is 35.6. The molecule has 1 aliphatic carbocycles. The van der Waals surface area contributed by atoms with Crippen LogP contribution in [0, 0.1) is 5.92 Å². The molecule has 3 aliphatic heterocycles. The van der Waals surface area contributed by atoms with Gasteiger partial charge < -0.3 is 20.3 Å². The third-order valence-corrected chi connectivity index (χ3v) is 14.6. The maximum atomic E-state index is 13.7. The Labute approximate surface area is 353 Å². The molecule has 0 radical (unpaired) electrons. The highest BCUT2D eigenvalue weighted by atomic mass is 32.2. The second-order valence-electron chi connectivity index (χ2n) is 17.1. The van der Waals surface area contributed by atoms with Crippen molar-refractivity contribution < 1.29 is 31.1 Å². The predicted octanol–water partition coefficient (Wildman–Crippen LogP) is 4.17. The summed E-state index contributed by atoms with van der Waals surface area (Å²) in [5, 5.41) is 9.96. The van der Waals surface area contributed by atoms with Gasteiger partial charge in [-0.05, 0) is 107 Å². The number of hydrogen-bond donors (Lipinski definition) is 3. The zero-order chi connectivity index (χ0) is 42.9. The molecule has 1 saturated carbocycles. The number of aryl methyl sites for hydroxylation is 2. The molecule has 4 aromatic rings. The van der Waals surface area contributed by atoms with Gasteiger partial charge >= 0.3 is 11.9 Å². The molecule has 4 fully saturated rings. The van der Waals surface area contributed by atoms with E-state index < -0.39 is 28.0 Å². The van der Waals surface area contributed by atoms with Crippen LogP contribution >= 0.6 is 0 Å². The molecule has 332 valence electrons. The Morgan fingerprint density at radius 1 is 0.934 bits per heavy atom. The van der Waals surface area contributed by atoms with Crippen molar-refractivity contribution in [1.29, 1.82) is 0 Å². The summed E-state index contributed by atoms with van der Waals surface area (Å²) in [6, 6.07) is 5.63. The number of rotatable bonds is 13. The molecule has 1 atom stereocenters. The number of amides is 1. The van der Waals surface area contributed by atoms with Crippen LogP contribution in [-0.4, -0.2) is 117 Å². The summed E-state index contributed by atoms with van der Waals surface area (Å²) >= 11 is 0. The van der Waals surface area contributed by atoms with E-state index in [2.05, 4.69) is 47.5 Å². The fraction of sp³-hybridized carbons (Fsp3) is 0.634. The highest BCUT2D eigenvalue weighted by Gasteiger charge is 2.37. The van der Waals surface area contributed by atoms with E-state index in [1.54, 1.807) is 23.2 Å². The molecule has 1 aromatic carbocycles. The van der Waals surface area contributed by atoms with Gasteiger partial charge in [0.1, 0.15) is 11.6 Å². The van der Waals surface area contributed by atoms with Crippen LogP contribution in [0.3, 0.4) is 0 Å². The second kappa shape index (κ2) is 18.2. The van der Waals surface area contributed by atoms with Gasteiger partial charge in [0.25, 0.3) is 10.2 Å². The van der Waals surface area contributed by atoms with E-state index in [-0.39, 0.29) is 67.2 Å². The van der Waals surface area contributed by atoms with Crippen molar-refractivity contribution >= 4 is 33.1 Å². The Kier molecular flexibility index (Phi) is 12.9. The number of fused-ring (bicyclic) bond motifs is 1. The molecule has 0 spiro atoms. The Bertz CT molecular complexity index is 2340. The Morgan fingerprint density at radius 3 is 2.38 bits per heavy atom. The van der Waals surface area contributed by atoms with Crippen molar-refractivity contribution in [2.45, 2.75) is 94.5 Å². The topological polar surface area (TPSA) is 174 Å². The Balaban J connectivity index is 0.727. The van der Waals surface area contributed by atoms with Gasteiger partial charge in [-0.1, -0.05) is 6.07 Å². The SMILES string of the molecule is Cn1cc(-c2nc(NC3CCN(S(=O)(=O)NCCOC4CCC(CN5CCC(c6ccc7c(c6)n(C)c(=O)n7C6CCCNC6=O)CC5)CC4)CC3)ncc2C(F)(F)F)cn1. The maximum Gasteiger partial charge on any atom is 0.419 e. The van der Waals surface area contributed by atoms with E-state index in [0.717, 1.165) is 81.8 Å². The number of halogens is 3. The van der Waals surface area contributed by atoms with Crippen molar-refractivity contribution in [3.05, 3.63) is 58.4 Å². The van der Waals surface area contributed by atoms with E-state index in [9.17, 15) is 31.2 Å². The second-order valence-corrected chi connectivity index (χ2v) is 18.8. The largest absolute Gasteiger partial charge is 0.419 e. The maximum absolute atomic E-state index is 13.7. The first kappa shape index (κ1) is 43.3. The number of carbonyl (C=O) groups is 1. The van der Waals surface area contributed by atoms with Gasteiger partial charge in [-0.3, -0.25) is 18.6 Å². The predicted molar refractivity (Wildman–Crippen MR) is 223 cm³/mol. The molecule has 3 N–H and O–H groups in total. The normalized spacial score (nSPS) is 23.1. The molecule has 3 aromatic heterocycles. The van der Waals surface area contributed by atoms with Gasteiger partial charge in [0.2, 0.25) is 11.9 Å². The first-order valence-electron chi connectivity index (χ1n) is 21.5. The molecule has 16 nitrogen and oxygen atoms in total. The summed E-state index contributed by atoms with van der Waals surface area (Å²) in [4.78, 5) is 36.5. The summed E-state index contributed by atoms with van der Waals surface area (Å²) in [6.45, 7) is 4.69. The van der Waals surface area contributed by atoms with Crippen molar-refractivity contribution in [2.24, 2.45) is 20.0 Å². The third kappa shape index (κ3) is 9.82. The molecule has 1 amide bonds. The van der Waals surface area contributed by atoms with Crippen LogP contribution < -0.4 is 21.0 Å². The number of ether oxygens (including phenoxy) is 1. The number of alkyl halides is 3. The molecule has 1 unspecified atom stereocenters. The smallest absolute Gasteiger partial charge is 0.377 e. The number of likely N-dealkylation sites (tertiary alicyclic amines) is 1. The lowest BCUT2D eigenvalue weighted by Crippen LogP contribution is -2.48. The summed E-state index contributed by atoms with van der Waals surface area (Å²) in [5.74, 6) is 0.980. The van der Waals surface area contributed by atoms with Crippen LogP contribution in [0.1, 0.15) is 87.3 Å². The standard InChI is InChI=1S/C41H56F3N11O5S/c1-51-26-30(23-47-51)37-33(41(42,43)44)24-46-39(50-37)49-31-13-19-54(20-14-31)61(58,59)48-16-21-60-32-8-5-27(6-9-32)25-53-17-11-28(12-18-53)29-7-10-34-36(22-29)52(2)40(57)55(34)35-4-3-15-45-38(35)56/h7,10,22-24,26-28,31-32,35,48H,3-6,8-9,11-21,25H2,1-2H3,(H,45,56)(H,46,49,50). The highest BCUT2D eigenvalue weighted by Crippen LogP contribution is 2.37. The number of benzene rings is 1. The average Bonchev–Trinajstić information content (AvgIpc) is 3.79. The summed E-state index contributed by atoms with van der Waals surface area (Å²) in [6.07, 6.45) is 7.54. The molecule has 6 heterocycles. The Hall–Kier alpha value is -4.37. The number of imidazole rings is 1. The molecular weight excluding hydrogens is 816 g/mol. The quantitative estimate of drug-likeness (QED) is 0.166. The fourth-order valence-corrected chi connectivity index (χ4v) is 10.8. The number of nitrogens with one attached hydrogen (secondary N) is 3. The molecular formula is C41H56F3N11O5S. The molecule has 3 saturated heterocycles. The average molecular weight is 872 g/mol. The fourth-order valence-electron chi connectivity index (χ4n) is 9.57.